The number of carboxylic acids is 1. The first-order valence-corrected chi connectivity index (χ1v) is 9.28. The van der Waals surface area contributed by atoms with Gasteiger partial charge < -0.3 is 10.4 Å². The topological polar surface area (TPSA) is 92.5 Å². The Bertz CT molecular complexity index is 1160. The number of anilines is 2. The highest BCUT2D eigenvalue weighted by Crippen LogP contribution is 2.32. The van der Waals surface area contributed by atoms with Gasteiger partial charge >= 0.3 is 12.1 Å². The fraction of sp³-hybridized carbons (Fsp3) is 0.136. The average molecular weight is 448 g/mol. The maximum absolute atomic E-state index is 13.4. The summed E-state index contributed by atoms with van der Waals surface area (Å²) in [6.45, 7) is 0. The largest absolute Gasteiger partial charge is 0.478 e. The average Bonchev–Trinajstić information content (AvgIpc) is 2.73. The lowest BCUT2D eigenvalue weighted by atomic mass is 10.0. The third-order valence-corrected chi connectivity index (χ3v) is 4.72. The molecule has 2 N–H and O–H groups in total. The molecular weight excluding hydrogens is 432 g/mol. The normalized spacial score (nSPS) is 11.2. The highest BCUT2D eigenvalue weighted by molar-refractivity contribution is 5.96. The molecule has 0 heterocycles. The minimum Gasteiger partial charge on any atom is -0.478 e. The van der Waals surface area contributed by atoms with E-state index in [4.69, 9.17) is 0 Å². The lowest BCUT2D eigenvalue weighted by Gasteiger charge is -2.11. The second kappa shape index (κ2) is 9.04. The molecule has 3 aromatic rings. The number of nitrogens with zero attached hydrogens (tertiary/aromatic N) is 1. The van der Waals surface area contributed by atoms with Crippen molar-refractivity contribution in [2.75, 3.05) is 5.32 Å². The zero-order valence-corrected chi connectivity index (χ0v) is 16.3. The first-order chi connectivity index (χ1) is 15.0. The van der Waals surface area contributed by atoms with E-state index in [-0.39, 0.29) is 23.4 Å². The van der Waals surface area contributed by atoms with Gasteiger partial charge in [-0.25, -0.2) is 9.18 Å². The molecule has 0 spiro atoms. The van der Waals surface area contributed by atoms with Crippen molar-refractivity contribution in [3.63, 3.8) is 0 Å². The van der Waals surface area contributed by atoms with Gasteiger partial charge in [-0.15, -0.1) is 0 Å². The van der Waals surface area contributed by atoms with Crippen molar-refractivity contribution in [3.8, 4) is 0 Å². The van der Waals surface area contributed by atoms with Gasteiger partial charge in [-0.2, -0.15) is 13.2 Å². The van der Waals surface area contributed by atoms with Gasteiger partial charge in [-0.05, 0) is 54.3 Å². The minimum absolute atomic E-state index is 0.168. The zero-order chi connectivity index (χ0) is 23.5. The zero-order valence-electron chi connectivity index (χ0n) is 16.3. The van der Waals surface area contributed by atoms with Crippen LogP contribution in [0.2, 0.25) is 0 Å². The van der Waals surface area contributed by atoms with E-state index in [0.29, 0.717) is 17.7 Å². The van der Waals surface area contributed by atoms with Crippen molar-refractivity contribution in [2.45, 2.75) is 19.0 Å². The van der Waals surface area contributed by atoms with E-state index in [2.05, 4.69) is 5.32 Å². The summed E-state index contributed by atoms with van der Waals surface area (Å²) < 4.78 is 51.9. The molecular formula is C22H16F4N2O4. The maximum Gasteiger partial charge on any atom is 0.419 e. The maximum atomic E-state index is 13.4. The van der Waals surface area contributed by atoms with E-state index in [1.54, 1.807) is 24.3 Å². The first-order valence-electron chi connectivity index (χ1n) is 9.28. The lowest BCUT2D eigenvalue weighted by molar-refractivity contribution is -0.384. The number of aromatic carboxylic acids is 1. The Morgan fingerprint density at radius 1 is 0.969 bits per heavy atom. The van der Waals surface area contributed by atoms with Gasteiger partial charge in [-0.1, -0.05) is 18.2 Å². The molecule has 0 aliphatic carbocycles. The van der Waals surface area contributed by atoms with Crippen LogP contribution in [0.15, 0.2) is 60.7 Å². The Morgan fingerprint density at radius 3 is 2.19 bits per heavy atom. The van der Waals surface area contributed by atoms with Crippen LogP contribution in [0.4, 0.5) is 34.6 Å². The summed E-state index contributed by atoms with van der Waals surface area (Å²) in [6, 6.07) is 13.1. The van der Waals surface area contributed by atoms with Gasteiger partial charge in [0.25, 0.3) is 5.69 Å². The number of nitro groups is 1. The quantitative estimate of drug-likeness (QED) is 0.264. The molecule has 3 aromatic carbocycles. The summed E-state index contributed by atoms with van der Waals surface area (Å²) in [5.41, 5.74) is -0.0775. The van der Waals surface area contributed by atoms with Crippen molar-refractivity contribution >= 4 is 23.0 Å². The molecule has 0 unspecified atom stereocenters. The van der Waals surface area contributed by atoms with Crippen LogP contribution >= 0.6 is 0 Å². The number of alkyl halides is 3. The molecule has 0 amide bonds. The number of aryl methyl sites for hydroxylation is 2. The highest BCUT2D eigenvalue weighted by atomic mass is 19.4. The summed E-state index contributed by atoms with van der Waals surface area (Å²) in [4.78, 5) is 21.6. The van der Waals surface area contributed by atoms with Crippen LogP contribution in [0.25, 0.3) is 0 Å². The Kier molecular flexibility index (Phi) is 6.42. The Labute approximate surface area is 179 Å². The van der Waals surface area contributed by atoms with Gasteiger partial charge in [0.2, 0.25) is 0 Å². The smallest absolute Gasteiger partial charge is 0.419 e. The third-order valence-electron chi connectivity index (χ3n) is 4.72. The molecule has 0 atom stereocenters. The monoisotopic (exact) mass is 448 g/mol. The van der Waals surface area contributed by atoms with Crippen LogP contribution < -0.4 is 5.32 Å². The van der Waals surface area contributed by atoms with Crippen molar-refractivity contribution < 1.29 is 32.4 Å². The molecule has 0 saturated carbocycles. The SMILES string of the molecule is O=C(O)c1cc([N+](=O)[O-])ccc1Nc1ccc(CCc2ccc(F)c(C(F)(F)F)c2)cc1. The van der Waals surface area contributed by atoms with Crippen LogP contribution in [0.1, 0.15) is 27.0 Å². The molecule has 3 rings (SSSR count). The summed E-state index contributed by atoms with van der Waals surface area (Å²) in [5, 5.41) is 23.0. The highest BCUT2D eigenvalue weighted by Gasteiger charge is 2.34. The molecule has 0 radical (unpaired) electrons. The summed E-state index contributed by atoms with van der Waals surface area (Å²) in [5.74, 6) is -2.64. The first kappa shape index (κ1) is 22.7. The van der Waals surface area contributed by atoms with Crippen molar-refractivity contribution in [3.05, 3.63) is 98.8 Å². The third kappa shape index (κ3) is 5.39. The van der Waals surface area contributed by atoms with Crippen molar-refractivity contribution in [1.29, 1.82) is 0 Å². The van der Waals surface area contributed by atoms with Gasteiger partial charge in [-0.3, -0.25) is 10.1 Å². The van der Waals surface area contributed by atoms with Crippen LogP contribution in [-0.2, 0) is 19.0 Å². The Morgan fingerprint density at radius 2 is 1.59 bits per heavy atom. The minimum atomic E-state index is -4.76. The van der Waals surface area contributed by atoms with Gasteiger partial charge in [0.15, 0.2) is 0 Å². The number of rotatable bonds is 7. The number of carbonyl (C=O) groups is 1. The van der Waals surface area contributed by atoms with Crippen molar-refractivity contribution in [2.24, 2.45) is 0 Å². The standard InChI is InChI=1S/C22H16F4N2O4/c23-19-9-5-14(11-18(19)22(24,25)26)2-1-13-3-6-15(7-4-13)27-20-10-8-16(28(31)32)12-17(20)21(29)30/h3-12,27H,1-2H2,(H,29,30). The number of hydrogen-bond donors (Lipinski definition) is 2. The summed E-state index contributed by atoms with van der Waals surface area (Å²) >= 11 is 0. The van der Waals surface area contributed by atoms with Crippen LogP contribution in [-0.4, -0.2) is 16.0 Å². The predicted octanol–water partition coefficient (Wildman–Crippen LogP) is 5.98. The van der Waals surface area contributed by atoms with E-state index < -0.39 is 28.4 Å². The number of hydrogen-bond acceptors (Lipinski definition) is 4. The molecule has 0 saturated heterocycles. The predicted molar refractivity (Wildman–Crippen MR) is 109 cm³/mol. The molecule has 0 aliphatic heterocycles. The van der Waals surface area contributed by atoms with Crippen LogP contribution in [0.3, 0.4) is 0 Å². The second-order valence-electron chi connectivity index (χ2n) is 6.93. The number of non-ortho nitro benzene ring substituents is 1. The fourth-order valence-electron chi connectivity index (χ4n) is 3.08. The number of halogens is 4. The summed E-state index contributed by atoms with van der Waals surface area (Å²) in [7, 11) is 0. The molecule has 0 bridgehead atoms. The van der Waals surface area contributed by atoms with Gasteiger partial charge in [0.05, 0.1) is 21.7 Å². The Hall–Kier alpha value is -3.95. The van der Waals surface area contributed by atoms with E-state index in [1.807, 2.05) is 0 Å². The van der Waals surface area contributed by atoms with E-state index in [9.17, 15) is 37.6 Å². The molecule has 0 fully saturated rings. The molecule has 6 nitrogen and oxygen atoms in total. The number of nitro benzene ring substituents is 1. The van der Waals surface area contributed by atoms with Crippen LogP contribution in [0.5, 0.6) is 0 Å². The number of benzene rings is 3. The molecule has 32 heavy (non-hydrogen) atoms. The number of carboxylic acid groups (broad SMARTS) is 1. The van der Waals surface area contributed by atoms with E-state index >= 15 is 0 Å². The van der Waals surface area contributed by atoms with E-state index in [0.717, 1.165) is 23.8 Å². The van der Waals surface area contributed by atoms with Gasteiger partial charge in [0, 0.05) is 17.8 Å². The van der Waals surface area contributed by atoms with Crippen LogP contribution in [0, 0.1) is 15.9 Å². The number of nitrogens with one attached hydrogen (secondary N) is 1. The molecule has 166 valence electrons. The van der Waals surface area contributed by atoms with Crippen molar-refractivity contribution in [1.82, 2.24) is 0 Å². The molecule has 10 heteroatoms. The van der Waals surface area contributed by atoms with E-state index in [1.165, 1.54) is 18.2 Å². The fourth-order valence-corrected chi connectivity index (χ4v) is 3.08. The molecule has 0 aromatic heterocycles. The molecule has 0 aliphatic rings. The second-order valence-corrected chi connectivity index (χ2v) is 6.93. The van der Waals surface area contributed by atoms with Gasteiger partial charge in [0.1, 0.15) is 5.82 Å². The lowest BCUT2D eigenvalue weighted by Crippen LogP contribution is -2.09. The Balaban J connectivity index is 1.70. The summed E-state index contributed by atoms with van der Waals surface area (Å²) in [6.07, 6.45) is -4.09.